The van der Waals surface area contributed by atoms with Crippen LogP contribution >= 0.6 is 0 Å². The monoisotopic (exact) mass is 404 g/mol. The molecule has 0 radical (unpaired) electrons. The van der Waals surface area contributed by atoms with Crippen LogP contribution in [0.4, 0.5) is 4.79 Å². The van der Waals surface area contributed by atoms with Crippen molar-refractivity contribution in [2.24, 2.45) is 0 Å². The molecule has 1 unspecified atom stereocenters. The summed E-state index contributed by atoms with van der Waals surface area (Å²) in [7, 11) is 0. The molecule has 5 nitrogen and oxygen atoms in total. The zero-order valence-electron chi connectivity index (χ0n) is 18.0. The van der Waals surface area contributed by atoms with Crippen LogP contribution < -0.4 is 5.32 Å². The molecule has 0 saturated carbocycles. The van der Waals surface area contributed by atoms with Crippen LogP contribution in [0.15, 0.2) is 42.5 Å². The van der Waals surface area contributed by atoms with Crippen molar-refractivity contribution in [3.05, 3.63) is 70.3 Å². The summed E-state index contributed by atoms with van der Waals surface area (Å²) in [5.41, 5.74) is 3.78. The number of carbonyl (C=O) groups excluding carboxylic acids is 3. The van der Waals surface area contributed by atoms with Crippen molar-refractivity contribution in [1.29, 1.82) is 0 Å². The third-order valence-corrected chi connectivity index (χ3v) is 6.33. The first-order valence-electron chi connectivity index (χ1n) is 10.5. The molecule has 1 N–H and O–H groups in total. The van der Waals surface area contributed by atoms with E-state index in [9.17, 15) is 14.4 Å². The standard InChI is InChI=1S/C25H28N2O3/c1-24(2,3)19-11-9-17(10-12-19)21(28)15-27-22(29)25(4,26-23(27)30)20-13-8-16-6-5-7-18(16)14-20/h8-14H,5-7,15H2,1-4H3,(H,26,30). The van der Waals surface area contributed by atoms with Crippen molar-refractivity contribution >= 4 is 17.7 Å². The maximum atomic E-state index is 13.2. The Hall–Kier alpha value is -2.95. The number of rotatable bonds is 4. The van der Waals surface area contributed by atoms with Crippen LogP contribution in [-0.2, 0) is 28.6 Å². The van der Waals surface area contributed by atoms with Crippen LogP contribution in [-0.4, -0.2) is 29.2 Å². The number of nitrogens with one attached hydrogen (secondary N) is 1. The SMILES string of the molecule is CC(C)(C)c1ccc(C(=O)CN2C(=O)NC(C)(c3ccc4c(c3)CCC4)C2=O)cc1. The lowest BCUT2D eigenvalue weighted by Crippen LogP contribution is -2.41. The van der Waals surface area contributed by atoms with Gasteiger partial charge in [-0.25, -0.2) is 4.79 Å². The number of ketones is 1. The molecule has 0 spiro atoms. The molecule has 2 aromatic rings. The van der Waals surface area contributed by atoms with E-state index in [1.54, 1.807) is 19.1 Å². The molecule has 5 heteroatoms. The molecule has 1 fully saturated rings. The summed E-state index contributed by atoms with van der Waals surface area (Å²) in [5, 5.41) is 2.81. The van der Waals surface area contributed by atoms with E-state index in [-0.39, 0.29) is 23.7 Å². The summed E-state index contributed by atoms with van der Waals surface area (Å²) in [6.45, 7) is 7.77. The molecule has 2 aliphatic rings. The van der Waals surface area contributed by atoms with Crippen LogP contribution in [0.1, 0.15) is 66.7 Å². The van der Waals surface area contributed by atoms with Gasteiger partial charge in [0, 0.05) is 5.56 Å². The molecule has 1 atom stereocenters. The topological polar surface area (TPSA) is 66.5 Å². The minimum Gasteiger partial charge on any atom is -0.319 e. The largest absolute Gasteiger partial charge is 0.325 e. The smallest absolute Gasteiger partial charge is 0.319 e. The molecule has 30 heavy (non-hydrogen) atoms. The van der Waals surface area contributed by atoms with E-state index in [1.807, 2.05) is 30.3 Å². The van der Waals surface area contributed by atoms with E-state index in [0.29, 0.717) is 5.56 Å². The van der Waals surface area contributed by atoms with Gasteiger partial charge < -0.3 is 5.32 Å². The first kappa shape index (κ1) is 20.3. The highest BCUT2D eigenvalue weighted by Gasteiger charge is 2.49. The van der Waals surface area contributed by atoms with Gasteiger partial charge in [0.2, 0.25) is 0 Å². The average Bonchev–Trinajstić information content (AvgIpc) is 3.25. The minimum atomic E-state index is -1.15. The number of benzene rings is 2. The second kappa shape index (κ2) is 7.08. The van der Waals surface area contributed by atoms with Crippen LogP contribution in [0.3, 0.4) is 0 Å². The van der Waals surface area contributed by atoms with E-state index < -0.39 is 11.6 Å². The molecule has 156 valence electrons. The van der Waals surface area contributed by atoms with Gasteiger partial charge in [-0.05, 0) is 53.9 Å². The Kier molecular flexibility index (Phi) is 4.80. The molecule has 1 saturated heterocycles. The maximum Gasteiger partial charge on any atom is 0.325 e. The van der Waals surface area contributed by atoms with Crippen molar-refractivity contribution in [2.45, 2.75) is 57.9 Å². The fourth-order valence-corrected chi connectivity index (χ4v) is 4.31. The first-order valence-corrected chi connectivity index (χ1v) is 10.5. The summed E-state index contributed by atoms with van der Waals surface area (Å²) in [4.78, 5) is 39.6. The van der Waals surface area contributed by atoms with E-state index in [2.05, 4.69) is 26.1 Å². The highest BCUT2D eigenvalue weighted by atomic mass is 16.2. The fraction of sp³-hybridized carbons (Fsp3) is 0.400. The lowest BCUT2D eigenvalue weighted by molar-refractivity contribution is -0.130. The zero-order valence-corrected chi connectivity index (χ0v) is 18.0. The number of Topliss-reactive ketones (excluding diaryl/α,β-unsaturated/α-hetero) is 1. The van der Waals surface area contributed by atoms with Gasteiger partial charge in [0.05, 0.1) is 6.54 Å². The van der Waals surface area contributed by atoms with Gasteiger partial charge >= 0.3 is 6.03 Å². The highest BCUT2D eigenvalue weighted by molar-refractivity contribution is 6.11. The fourth-order valence-electron chi connectivity index (χ4n) is 4.31. The van der Waals surface area contributed by atoms with Gasteiger partial charge in [-0.3, -0.25) is 14.5 Å². The molecule has 1 heterocycles. The number of fused-ring (bicyclic) bond motifs is 1. The minimum absolute atomic E-state index is 0.00987. The Morgan fingerprint density at radius 3 is 2.37 bits per heavy atom. The molecule has 4 rings (SSSR count). The second-order valence-corrected chi connectivity index (χ2v) is 9.53. The van der Waals surface area contributed by atoms with Crippen molar-refractivity contribution in [3.63, 3.8) is 0 Å². The number of hydrogen-bond donors (Lipinski definition) is 1. The lowest BCUT2D eigenvalue weighted by Gasteiger charge is -2.23. The van der Waals surface area contributed by atoms with Crippen molar-refractivity contribution in [3.8, 4) is 0 Å². The van der Waals surface area contributed by atoms with Gasteiger partial charge in [0.25, 0.3) is 5.91 Å². The Bertz CT molecular complexity index is 1030. The van der Waals surface area contributed by atoms with Crippen LogP contribution in [0.25, 0.3) is 0 Å². The maximum absolute atomic E-state index is 13.2. The highest BCUT2D eigenvalue weighted by Crippen LogP contribution is 2.32. The molecule has 0 bridgehead atoms. The van der Waals surface area contributed by atoms with Gasteiger partial charge in [-0.1, -0.05) is 63.2 Å². The van der Waals surface area contributed by atoms with Crippen LogP contribution in [0.5, 0.6) is 0 Å². The number of nitrogens with zero attached hydrogens (tertiary/aromatic N) is 1. The first-order chi connectivity index (χ1) is 14.1. The zero-order chi connectivity index (χ0) is 21.7. The van der Waals surface area contributed by atoms with Crippen molar-refractivity contribution in [2.75, 3.05) is 6.54 Å². The van der Waals surface area contributed by atoms with Crippen molar-refractivity contribution < 1.29 is 14.4 Å². The van der Waals surface area contributed by atoms with Crippen molar-refractivity contribution in [1.82, 2.24) is 10.2 Å². The lowest BCUT2D eigenvalue weighted by atomic mass is 9.86. The number of amides is 3. The Morgan fingerprint density at radius 1 is 1.03 bits per heavy atom. The van der Waals surface area contributed by atoms with E-state index >= 15 is 0 Å². The molecule has 1 aliphatic carbocycles. The van der Waals surface area contributed by atoms with E-state index in [4.69, 9.17) is 0 Å². The predicted octanol–water partition coefficient (Wildman–Crippen LogP) is 4.12. The molecular weight excluding hydrogens is 376 g/mol. The number of carbonyl (C=O) groups is 3. The second-order valence-electron chi connectivity index (χ2n) is 9.53. The normalized spacial score (nSPS) is 21.0. The quantitative estimate of drug-likeness (QED) is 0.616. The number of imide groups is 1. The molecule has 1 aliphatic heterocycles. The number of hydrogen-bond acceptors (Lipinski definition) is 3. The van der Waals surface area contributed by atoms with E-state index in [0.717, 1.165) is 35.3 Å². The summed E-state index contributed by atoms with van der Waals surface area (Å²) in [6.07, 6.45) is 3.17. The molecule has 2 aromatic carbocycles. The van der Waals surface area contributed by atoms with Gasteiger partial charge in [-0.15, -0.1) is 0 Å². The third kappa shape index (κ3) is 3.42. The number of aryl methyl sites for hydroxylation is 2. The summed E-state index contributed by atoms with van der Waals surface area (Å²) in [6, 6.07) is 12.8. The summed E-state index contributed by atoms with van der Waals surface area (Å²) in [5.74, 6) is -0.637. The van der Waals surface area contributed by atoms with E-state index in [1.165, 1.54) is 11.1 Å². The summed E-state index contributed by atoms with van der Waals surface area (Å²) >= 11 is 0. The van der Waals surface area contributed by atoms with Gasteiger partial charge in [0.1, 0.15) is 5.54 Å². The average molecular weight is 405 g/mol. The molecule has 0 aromatic heterocycles. The van der Waals surface area contributed by atoms with Crippen LogP contribution in [0, 0.1) is 0 Å². The third-order valence-electron chi connectivity index (χ3n) is 6.33. The Balaban J connectivity index is 1.53. The summed E-state index contributed by atoms with van der Waals surface area (Å²) < 4.78 is 0. The van der Waals surface area contributed by atoms with Gasteiger partial charge in [-0.2, -0.15) is 0 Å². The number of urea groups is 1. The predicted molar refractivity (Wildman–Crippen MR) is 116 cm³/mol. The Labute approximate surface area is 177 Å². The Morgan fingerprint density at radius 2 is 1.70 bits per heavy atom. The molecule has 3 amide bonds. The van der Waals surface area contributed by atoms with Crippen LogP contribution in [0.2, 0.25) is 0 Å². The van der Waals surface area contributed by atoms with Gasteiger partial charge in [0.15, 0.2) is 5.78 Å². The molecular formula is C25H28N2O3.